The van der Waals surface area contributed by atoms with Gasteiger partial charge in [0.25, 0.3) is 0 Å². The SMILES string of the molecule is COC(=O)C1(Oc2ccc3c(cnn3C3CCCCO3)c2)CC1. The van der Waals surface area contributed by atoms with Crippen LogP contribution in [0.4, 0.5) is 0 Å². The Morgan fingerprint density at radius 3 is 2.96 bits per heavy atom. The summed E-state index contributed by atoms with van der Waals surface area (Å²) in [4.78, 5) is 11.8. The Labute approximate surface area is 134 Å². The van der Waals surface area contributed by atoms with E-state index >= 15 is 0 Å². The molecule has 2 heterocycles. The van der Waals surface area contributed by atoms with Crippen molar-refractivity contribution in [1.29, 1.82) is 0 Å². The Morgan fingerprint density at radius 1 is 1.39 bits per heavy atom. The van der Waals surface area contributed by atoms with Crippen molar-refractivity contribution in [2.45, 2.75) is 43.9 Å². The first-order chi connectivity index (χ1) is 11.2. The standard InChI is InChI=1S/C17H20N2O4/c1-21-16(20)17(7-8-17)23-13-5-6-14-12(10-13)11-18-19(14)15-4-2-3-9-22-15/h5-6,10-11,15H,2-4,7-9H2,1H3. The Hall–Kier alpha value is -2.08. The molecule has 1 unspecified atom stereocenters. The van der Waals surface area contributed by atoms with Gasteiger partial charge in [-0.2, -0.15) is 5.10 Å². The molecule has 1 saturated heterocycles. The van der Waals surface area contributed by atoms with Gasteiger partial charge in [0.1, 0.15) is 5.75 Å². The molecule has 6 nitrogen and oxygen atoms in total. The van der Waals surface area contributed by atoms with Crippen molar-refractivity contribution in [3.05, 3.63) is 24.4 Å². The number of hydrogen-bond acceptors (Lipinski definition) is 5. The van der Waals surface area contributed by atoms with Crippen molar-refractivity contribution in [3.63, 3.8) is 0 Å². The number of methoxy groups -OCH3 is 1. The van der Waals surface area contributed by atoms with Gasteiger partial charge in [-0.1, -0.05) is 0 Å². The minimum absolute atomic E-state index is 0.0119. The number of hydrogen-bond donors (Lipinski definition) is 0. The van der Waals surface area contributed by atoms with E-state index in [4.69, 9.17) is 14.2 Å². The maximum Gasteiger partial charge on any atom is 0.350 e. The summed E-state index contributed by atoms with van der Waals surface area (Å²) in [7, 11) is 1.39. The lowest BCUT2D eigenvalue weighted by Gasteiger charge is -2.23. The highest BCUT2D eigenvalue weighted by molar-refractivity contribution is 5.84. The summed E-state index contributed by atoms with van der Waals surface area (Å²) >= 11 is 0. The van der Waals surface area contributed by atoms with E-state index in [9.17, 15) is 4.79 Å². The Bertz CT molecular complexity index is 729. The van der Waals surface area contributed by atoms with E-state index in [0.717, 1.165) is 36.8 Å². The van der Waals surface area contributed by atoms with E-state index in [1.165, 1.54) is 7.11 Å². The predicted molar refractivity (Wildman–Crippen MR) is 83.2 cm³/mol. The third-order valence-corrected chi connectivity index (χ3v) is 4.57. The van der Waals surface area contributed by atoms with Gasteiger partial charge in [-0.25, -0.2) is 9.48 Å². The summed E-state index contributed by atoms with van der Waals surface area (Å²) in [5, 5.41) is 5.45. The zero-order valence-corrected chi connectivity index (χ0v) is 13.2. The van der Waals surface area contributed by atoms with Gasteiger partial charge in [-0.3, -0.25) is 0 Å². The molecule has 1 saturated carbocycles. The van der Waals surface area contributed by atoms with E-state index in [1.807, 2.05) is 29.1 Å². The molecular weight excluding hydrogens is 296 g/mol. The zero-order chi connectivity index (χ0) is 15.9. The third kappa shape index (κ3) is 2.57. The monoisotopic (exact) mass is 316 g/mol. The second-order valence-corrected chi connectivity index (χ2v) is 6.22. The van der Waals surface area contributed by atoms with Crippen molar-refractivity contribution in [1.82, 2.24) is 9.78 Å². The van der Waals surface area contributed by atoms with Crippen LogP contribution in [-0.4, -0.2) is 35.1 Å². The van der Waals surface area contributed by atoms with Gasteiger partial charge >= 0.3 is 5.97 Å². The van der Waals surface area contributed by atoms with Crippen LogP contribution in [0.15, 0.2) is 24.4 Å². The molecule has 6 heteroatoms. The predicted octanol–water partition coefficient (Wildman–Crippen LogP) is 2.82. The van der Waals surface area contributed by atoms with Crippen LogP contribution < -0.4 is 4.74 Å². The molecule has 0 N–H and O–H groups in total. The third-order valence-electron chi connectivity index (χ3n) is 4.57. The molecule has 0 radical (unpaired) electrons. The Balaban J connectivity index is 1.58. The fourth-order valence-corrected chi connectivity index (χ4v) is 3.11. The van der Waals surface area contributed by atoms with Crippen molar-refractivity contribution >= 4 is 16.9 Å². The summed E-state index contributed by atoms with van der Waals surface area (Å²) < 4.78 is 18.5. The first-order valence-corrected chi connectivity index (χ1v) is 8.08. The number of rotatable bonds is 4. The van der Waals surface area contributed by atoms with Crippen LogP contribution in [-0.2, 0) is 14.3 Å². The van der Waals surface area contributed by atoms with Crippen molar-refractivity contribution < 1.29 is 19.0 Å². The first-order valence-electron chi connectivity index (χ1n) is 8.08. The highest BCUT2D eigenvalue weighted by Crippen LogP contribution is 2.42. The summed E-state index contributed by atoms with van der Waals surface area (Å²) in [6, 6.07) is 5.78. The number of benzene rings is 1. The summed E-state index contributed by atoms with van der Waals surface area (Å²) in [6.07, 6.45) is 6.49. The number of esters is 1. The molecular formula is C17H20N2O4. The number of carbonyl (C=O) groups is 1. The highest BCUT2D eigenvalue weighted by Gasteiger charge is 2.54. The number of carbonyl (C=O) groups excluding carboxylic acids is 1. The fourth-order valence-electron chi connectivity index (χ4n) is 3.11. The molecule has 1 aromatic heterocycles. The van der Waals surface area contributed by atoms with Crippen molar-refractivity contribution in [3.8, 4) is 5.75 Å². The van der Waals surface area contributed by atoms with E-state index in [2.05, 4.69) is 5.10 Å². The fraction of sp³-hybridized carbons (Fsp3) is 0.529. The average molecular weight is 316 g/mol. The molecule has 2 fully saturated rings. The lowest BCUT2D eigenvalue weighted by Crippen LogP contribution is -2.30. The van der Waals surface area contributed by atoms with Gasteiger partial charge in [-0.05, 0) is 37.5 Å². The van der Waals surface area contributed by atoms with Gasteiger partial charge in [-0.15, -0.1) is 0 Å². The topological polar surface area (TPSA) is 62.6 Å². The molecule has 1 atom stereocenters. The van der Waals surface area contributed by atoms with Crippen LogP contribution in [0.3, 0.4) is 0 Å². The lowest BCUT2D eigenvalue weighted by atomic mass is 10.2. The van der Waals surface area contributed by atoms with Crippen LogP contribution in [0.25, 0.3) is 10.9 Å². The van der Waals surface area contributed by atoms with Gasteiger partial charge in [0.15, 0.2) is 6.23 Å². The van der Waals surface area contributed by atoms with Crippen LogP contribution in [0, 0.1) is 0 Å². The summed E-state index contributed by atoms with van der Waals surface area (Å²) in [5.74, 6) is 0.369. The van der Waals surface area contributed by atoms with Crippen LogP contribution in [0.5, 0.6) is 5.75 Å². The van der Waals surface area contributed by atoms with Crippen LogP contribution in [0.2, 0.25) is 0 Å². The van der Waals surface area contributed by atoms with E-state index < -0.39 is 5.60 Å². The van der Waals surface area contributed by atoms with E-state index in [0.29, 0.717) is 18.6 Å². The largest absolute Gasteiger partial charge is 0.476 e. The maximum absolute atomic E-state index is 11.8. The van der Waals surface area contributed by atoms with Crippen molar-refractivity contribution in [2.24, 2.45) is 0 Å². The van der Waals surface area contributed by atoms with Crippen molar-refractivity contribution in [2.75, 3.05) is 13.7 Å². The number of nitrogens with zero attached hydrogens (tertiary/aromatic N) is 2. The Kier molecular flexibility index (Phi) is 3.49. The second kappa shape index (κ2) is 5.53. The molecule has 0 bridgehead atoms. The molecule has 4 rings (SSSR count). The molecule has 2 aliphatic rings. The number of fused-ring (bicyclic) bond motifs is 1. The van der Waals surface area contributed by atoms with Crippen LogP contribution >= 0.6 is 0 Å². The van der Waals surface area contributed by atoms with E-state index in [1.54, 1.807) is 0 Å². The molecule has 23 heavy (non-hydrogen) atoms. The van der Waals surface area contributed by atoms with Gasteiger partial charge in [0.2, 0.25) is 5.60 Å². The molecule has 2 aromatic rings. The maximum atomic E-state index is 11.8. The zero-order valence-electron chi connectivity index (χ0n) is 13.2. The normalized spacial score (nSPS) is 22.7. The summed E-state index contributed by atoms with van der Waals surface area (Å²) in [6.45, 7) is 0.787. The molecule has 0 amide bonds. The first kappa shape index (κ1) is 14.5. The van der Waals surface area contributed by atoms with Gasteiger partial charge in [0.05, 0.1) is 18.8 Å². The number of ether oxygens (including phenoxy) is 3. The molecule has 1 aliphatic carbocycles. The smallest absolute Gasteiger partial charge is 0.350 e. The summed E-state index contributed by atoms with van der Waals surface area (Å²) in [5.41, 5.74) is 0.234. The average Bonchev–Trinajstić information content (AvgIpc) is 3.25. The van der Waals surface area contributed by atoms with Gasteiger partial charge in [0, 0.05) is 24.8 Å². The van der Waals surface area contributed by atoms with Crippen LogP contribution in [0.1, 0.15) is 38.3 Å². The van der Waals surface area contributed by atoms with E-state index in [-0.39, 0.29) is 12.2 Å². The molecule has 1 aromatic carbocycles. The quantitative estimate of drug-likeness (QED) is 0.812. The lowest BCUT2D eigenvalue weighted by molar-refractivity contribution is -0.151. The number of aromatic nitrogens is 2. The molecule has 122 valence electrons. The minimum Gasteiger partial charge on any atom is -0.476 e. The highest BCUT2D eigenvalue weighted by atomic mass is 16.6. The minimum atomic E-state index is -0.787. The molecule has 1 aliphatic heterocycles. The molecule has 0 spiro atoms. The second-order valence-electron chi connectivity index (χ2n) is 6.22. The Morgan fingerprint density at radius 2 is 2.26 bits per heavy atom. The van der Waals surface area contributed by atoms with Gasteiger partial charge < -0.3 is 14.2 Å².